The minimum Gasteiger partial charge on any atom is -0.508 e. The highest BCUT2D eigenvalue weighted by Gasteiger charge is 2.13. The van der Waals surface area contributed by atoms with Gasteiger partial charge in [0.1, 0.15) is 11.4 Å². The second-order valence-corrected chi connectivity index (χ2v) is 5.47. The summed E-state index contributed by atoms with van der Waals surface area (Å²) < 4.78 is 0. The predicted molar refractivity (Wildman–Crippen MR) is 84.9 cm³/mol. The highest BCUT2D eigenvalue weighted by atomic mass is 32.2. The molecular formula is C15H16N2O3S. The second kappa shape index (κ2) is 6.99. The van der Waals surface area contributed by atoms with Gasteiger partial charge in [-0.3, -0.25) is 10.1 Å². The van der Waals surface area contributed by atoms with Crippen LogP contribution in [0.25, 0.3) is 0 Å². The monoisotopic (exact) mass is 304 g/mol. The molecule has 0 unspecified atom stereocenters. The number of phenols is 1. The van der Waals surface area contributed by atoms with Crippen LogP contribution in [-0.4, -0.2) is 16.6 Å². The zero-order valence-electron chi connectivity index (χ0n) is 11.6. The lowest BCUT2D eigenvalue weighted by atomic mass is 10.2. The van der Waals surface area contributed by atoms with E-state index in [1.165, 1.54) is 6.07 Å². The molecule has 0 heterocycles. The van der Waals surface area contributed by atoms with Gasteiger partial charge in [-0.15, -0.1) is 11.8 Å². The molecule has 5 nitrogen and oxygen atoms in total. The summed E-state index contributed by atoms with van der Waals surface area (Å²) in [5, 5.41) is 23.4. The van der Waals surface area contributed by atoms with Gasteiger partial charge in [0.05, 0.1) is 4.92 Å². The van der Waals surface area contributed by atoms with E-state index in [0.29, 0.717) is 18.0 Å². The van der Waals surface area contributed by atoms with Crippen LogP contribution in [-0.2, 0) is 5.75 Å². The molecule has 21 heavy (non-hydrogen) atoms. The third-order valence-electron chi connectivity index (χ3n) is 2.85. The van der Waals surface area contributed by atoms with Gasteiger partial charge in [0, 0.05) is 23.3 Å². The first kappa shape index (κ1) is 15.2. The molecule has 0 spiro atoms. The summed E-state index contributed by atoms with van der Waals surface area (Å²) in [5.41, 5.74) is 1.62. The first-order chi connectivity index (χ1) is 10.1. The summed E-state index contributed by atoms with van der Waals surface area (Å²) >= 11 is 1.57. The Hall–Kier alpha value is -2.21. The van der Waals surface area contributed by atoms with E-state index in [9.17, 15) is 15.2 Å². The summed E-state index contributed by atoms with van der Waals surface area (Å²) in [4.78, 5) is 11.5. The Morgan fingerprint density at radius 2 is 2.10 bits per heavy atom. The Morgan fingerprint density at radius 1 is 1.29 bits per heavy atom. The van der Waals surface area contributed by atoms with Gasteiger partial charge in [0.15, 0.2) is 0 Å². The lowest BCUT2D eigenvalue weighted by Gasteiger charge is -2.08. The fourth-order valence-electron chi connectivity index (χ4n) is 1.90. The Balaban J connectivity index is 2.13. The standard InChI is InChI=1S/C15H16N2O3S/c1-2-16-14-8-11(6-7-15(14)17(19)20)10-21-13-5-3-4-12(18)9-13/h3-9,16,18H,2,10H2,1H3. The van der Waals surface area contributed by atoms with Crippen LogP contribution >= 0.6 is 11.8 Å². The maximum Gasteiger partial charge on any atom is 0.292 e. The number of nitro groups is 1. The molecule has 0 aliphatic heterocycles. The zero-order valence-corrected chi connectivity index (χ0v) is 12.4. The largest absolute Gasteiger partial charge is 0.508 e. The van der Waals surface area contributed by atoms with Crippen molar-refractivity contribution in [3.63, 3.8) is 0 Å². The average Bonchev–Trinajstić information content (AvgIpc) is 2.45. The number of aromatic hydroxyl groups is 1. The number of nitrogens with zero attached hydrogens (tertiary/aromatic N) is 1. The third kappa shape index (κ3) is 4.13. The lowest BCUT2D eigenvalue weighted by Crippen LogP contribution is -2.01. The van der Waals surface area contributed by atoms with Crippen molar-refractivity contribution in [3.8, 4) is 5.75 Å². The number of hydrogen-bond donors (Lipinski definition) is 2. The molecular weight excluding hydrogens is 288 g/mol. The smallest absolute Gasteiger partial charge is 0.292 e. The Labute approximate surface area is 127 Å². The number of anilines is 1. The van der Waals surface area contributed by atoms with E-state index in [1.54, 1.807) is 42.1 Å². The molecule has 110 valence electrons. The van der Waals surface area contributed by atoms with Crippen LogP contribution < -0.4 is 5.32 Å². The number of nitro benzene ring substituents is 1. The molecule has 0 fully saturated rings. The van der Waals surface area contributed by atoms with E-state index in [1.807, 2.05) is 13.0 Å². The van der Waals surface area contributed by atoms with Crippen molar-refractivity contribution in [2.45, 2.75) is 17.6 Å². The quantitative estimate of drug-likeness (QED) is 0.479. The topological polar surface area (TPSA) is 75.4 Å². The van der Waals surface area contributed by atoms with Crippen molar-refractivity contribution in [2.24, 2.45) is 0 Å². The van der Waals surface area contributed by atoms with Crippen molar-refractivity contribution >= 4 is 23.1 Å². The molecule has 0 atom stereocenters. The molecule has 2 rings (SSSR count). The van der Waals surface area contributed by atoms with Crippen molar-refractivity contribution < 1.29 is 10.0 Å². The van der Waals surface area contributed by atoms with Crippen LogP contribution in [0.5, 0.6) is 5.75 Å². The highest BCUT2D eigenvalue weighted by molar-refractivity contribution is 7.98. The van der Waals surface area contributed by atoms with E-state index in [4.69, 9.17) is 0 Å². The fourth-order valence-corrected chi connectivity index (χ4v) is 2.80. The van der Waals surface area contributed by atoms with Crippen LogP contribution in [0.4, 0.5) is 11.4 Å². The second-order valence-electron chi connectivity index (χ2n) is 4.42. The van der Waals surface area contributed by atoms with Crippen LogP contribution in [0.15, 0.2) is 47.4 Å². The first-order valence-corrected chi connectivity index (χ1v) is 7.51. The van der Waals surface area contributed by atoms with Crippen LogP contribution in [0, 0.1) is 10.1 Å². The number of benzene rings is 2. The van der Waals surface area contributed by atoms with Crippen LogP contribution in [0.2, 0.25) is 0 Å². The van der Waals surface area contributed by atoms with Gasteiger partial charge in [-0.1, -0.05) is 12.1 Å². The molecule has 0 aromatic heterocycles. The molecule has 0 radical (unpaired) electrons. The van der Waals surface area contributed by atoms with Crippen molar-refractivity contribution in [1.29, 1.82) is 0 Å². The molecule has 6 heteroatoms. The number of hydrogen-bond acceptors (Lipinski definition) is 5. The summed E-state index contributed by atoms with van der Waals surface area (Å²) in [6.45, 7) is 2.53. The van der Waals surface area contributed by atoms with E-state index >= 15 is 0 Å². The van der Waals surface area contributed by atoms with Gasteiger partial charge >= 0.3 is 0 Å². The molecule has 2 aromatic carbocycles. The Kier molecular flexibility index (Phi) is 5.05. The van der Waals surface area contributed by atoms with E-state index in [2.05, 4.69) is 5.32 Å². The fraction of sp³-hybridized carbons (Fsp3) is 0.200. The van der Waals surface area contributed by atoms with Crippen LogP contribution in [0.1, 0.15) is 12.5 Å². The van der Waals surface area contributed by atoms with E-state index < -0.39 is 0 Å². The number of phenolic OH excluding ortho intramolecular Hbond substituents is 1. The van der Waals surface area contributed by atoms with Crippen molar-refractivity contribution in [2.75, 3.05) is 11.9 Å². The maximum atomic E-state index is 11.0. The normalized spacial score (nSPS) is 10.3. The molecule has 0 bridgehead atoms. The Morgan fingerprint density at radius 3 is 2.76 bits per heavy atom. The molecule has 0 aliphatic rings. The van der Waals surface area contributed by atoms with Crippen molar-refractivity contribution in [1.82, 2.24) is 0 Å². The SMILES string of the molecule is CCNc1cc(CSc2cccc(O)c2)ccc1[N+](=O)[O-]. The summed E-state index contributed by atoms with van der Waals surface area (Å²) in [5.74, 6) is 0.914. The van der Waals surface area contributed by atoms with Gasteiger partial charge in [-0.2, -0.15) is 0 Å². The summed E-state index contributed by atoms with van der Waals surface area (Å²) in [7, 11) is 0. The Bertz CT molecular complexity index is 647. The average molecular weight is 304 g/mol. The van der Waals surface area contributed by atoms with Gasteiger partial charge in [-0.25, -0.2) is 0 Å². The van der Waals surface area contributed by atoms with Gasteiger partial charge in [-0.05, 0) is 36.8 Å². The maximum absolute atomic E-state index is 11.0. The summed E-state index contributed by atoms with van der Waals surface area (Å²) in [6.07, 6.45) is 0. The van der Waals surface area contributed by atoms with Gasteiger partial charge in [0.2, 0.25) is 0 Å². The van der Waals surface area contributed by atoms with Gasteiger partial charge < -0.3 is 10.4 Å². The lowest BCUT2D eigenvalue weighted by molar-refractivity contribution is -0.384. The van der Waals surface area contributed by atoms with Gasteiger partial charge in [0.25, 0.3) is 5.69 Å². The summed E-state index contributed by atoms with van der Waals surface area (Å²) in [6, 6.07) is 12.1. The highest BCUT2D eigenvalue weighted by Crippen LogP contribution is 2.30. The molecule has 2 aromatic rings. The zero-order chi connectivity index (χ0) is 15.2. The molecule has 0 amide bonds. The third-order valence-corrected chi connectivity index (χ3v) is 3.91. The first-order valence-electron chi connectivity index (χ1n) is 6.53. The van der Waals surface area contributed by atoms with E-state index in [-0.39, 0.29) is 16.4 Å². The molecule has 2 N–H and O–H groups in total. The predicted octanol–water partition coefficient (Wildman–Crippen LogP) is 4.02. The molecule has 0 saturated carbocycles. The number of rotatable bonds is 6. The number of thioether (sulfide) groups is 1. The number of nitrogens with one attached hydrogen (secondary N) is 1. The minimum atomic E-state index is -0.385. The minimum absolute atomic E-state index is 0.0861. The molecule has 0 aliphatic carbocycles. The van der Waals surface area contributed by atoms with Crippen LogP contribution in [0.3, 0.4) is 0 Å². The van der Waals surface area contributed by atoms with E-state index in [0.717, 1.165) is 10.5 Å². The van der Waals surface area contributed by atoms with Crippen molar-refractivity contribution in [3.05, 3.63) is 58.1 Å². The molecule has 0 saturated heterocycles.